The van der Waals surface area contributed by atoms with Gasteiger partial charge in [-0.25, -0.2) is 12.7 Å². The maximum absolute atomic E-state index is 12.5. The molecule has 0 unspecified atom stereocenters. The first kappa shape index (κ1) is 19.1. The highest BCUT2D eigenvalue weighted by Gasteiger charge is 2.30. The molecule has 2 heterocycles. The fourth-order valence-corrected chi connectivity index (χ4v) is 4.60. The molecular weight excluding hydrogens is 378 g/mol. The van der Waals surface area contributed by atoms with Crippen molar-refractivity contribution in [3.63, 3.8) is 0 Å². The van der Waals surface area contributed by atoms with Gasteiger partial charge in [0.2, 0.25) is 21.8 Å². The van der Waals surface area contributed by atoms with E-state index in [-0.39, 0.29) is 18.4 Å². The maximum Gasteiger partial charge on any atom is 0.228 e. The number of carbonyl (C=O) groups excluding carboxylic acids is 2. The predicted molar refractivity (Wildman–Crippen MR) is 101 cm³/mol. The summed E-state index contributed by atoms with van der Waals surface area (Å²) >= 11 is 6.29. The monoisotopic (exact) mass is 399 g/mol. The van der Waals surface area contributed by atoms with Crippen molar-refractivity contribution in [2.75, 3.05) is 36.1 Å². The number of hydrogen-bond acceptors (Lipinski definition) is 4. The van der Waals surface area contributed by atoms with Crippen LogP contribution in [0.4, 0.5) is 11.4 Å². The highest BCUT2D eigenvalue weighted by molar-refractivity contribution is 7.88. The number of nitrogens with zero attached hydrogens (tertiary/aromatic N) is 2. The molecule has 1 aromatic rings. The van der Waals surface area contributed by atoms with Gasteiger partial charge < -0.3 is 10.2 Å². The number of hydrogen-bond donors (Lipinski definition) is 1. The molecule has 9 heteroatoms. The van der Waals surface area contributed by atoms with Crippen LogP contribution in [0.15, 0.2) is 18.2 Å². The average molecular weight is 400 g/mol. The number of carbonyl (C=O) groups is 2. The van der Waals surface area contributed by atoms with Gasteiger partial charge in [0.15, 0.2) is 0 Å². The lowest BCUT2D eigenvalue weighted by molar-refractivity contribution is -0.121. The number of nitrogens with one attached hydrogen (secondary N) is 1. The molecule has 2 amide bonds. The second-order valence-corrected chi connectivity index (χ2v) is 9.15. The van der Waals surface area contributed by atoms with Crippen molar-refractivity contribution in [3.05, 3.63) is 23.2 Å². The maximum atomic E-state index is 12.5. The van der Waals surface area contributed by atoms with Crippen LogP contribution in [0.5, 0.6) is 0 Å². The number of amides is 2. The van der Waals surface area contributed by atoms with E-state index < -0.39 is 15.9 Å². The summed E-state index contributed by atoms with van der Waals surface area (Å²) in [6, 6.07) is 5.06. The number of rotatable bonds is 4. The number of anilines is 2. The van der Waals surface area contributed by atoms with E-state index in [9.17, 15) is 18.0 Å². The quantitative estimate of drug-likeness (QED) is 0.839. The van der Waals surface area contributed by atoms with Crippen molar-refractivity contribution in [2.45, 2.75) is 25.7 Å². The lowest BCUT2D eigenvalue weighted by Crippen LogP contribution is -2.43. The van der Waals surface area contributed by atoms with Crippen molar-refractivity contribution in [2.24, 2.45) is 5.92 Å². The standard InChI is InChI=1S/C17H22ClN3O4S/c1-26(24,25)20-8-2-4-12(11-20)17(23)19-13-6-7-15(14(18)10-13)21-9-3-5-16(21)22/h6-7,10,12H,2-5,8-9,11H2,1H3,(H,19,23)/t12-/m1/s1. The second kappa shape index (κ2) is 7.54. The van der Waals surface area contributed by atoms with Crippen LogP contribution in [-0.2, 0) is 19.6 Å². The smallest absolute Gasteiger partial charge is 0.228 e. The Morgan fingerprint density at radius 3 is 2.65 bits per heavy atom. The van der Waals surface area contributed by atoms with Crippen LogP contribution in [0.25, 0.3) is 0 Å². The minimum atomic E-state index is -3.30. The molecule has 1 aromatic carbocycles. The molecule has 0 saturated carbocycles. The number of sulfonamides is 1. The summed E-state index contributed by atoms with van der Waals surface area (Å²) in [4.78, 5) is 26.0. The van der Waals surface area contributed by atoms with Crippen LogP contribution < -0.4 is 10.2 Å². The van der Waals surface area contributed by atoms with Crippen LogP contribution in [-0.4, -0.2) is 50.4 Å². The van der Waals surface area contributed by atoms with Crippen molar-refractivity contribution in [1.29, 1.82) is 0 Å². The van der Waals surface area contributed by atoms with E-state index >= 15 is 0 Å². The highest BCUT2D eigenvalue weighted by atomic mass is 35.5. The zero-order valence-electron chi connectivity index (χ0n) is 14.6. The van der Waals surface area contributed by atoms with Gasteiger partial charge in [-0.15, -0.1) is 0 Å². The minimum absolute atomic E-state index is 0.0479. The van der Waals surface area contributed by atoms with E-state index in [0.717, 1.165) is 12.7 Å². The second-order valence-electron chi connectivity index (χ2n) is 6.76. The molecule has 2 saturated heterocycles. The molecule has 2 aliphatic rings. The first-order valence-electron chi connectivity index (χ1n) is 8.61. The van der Waals surface area contributed by atoms with Gasteiger partial charge in [0.25, 0.3) is 0 Å². The summed E-state index contributed by atoms with van der Waals surface area (Å²) in [5.74, 6) is -0.566. The van der Waals surface area contributed by atoms with Gasteiger partial charge in [0, 0.05) is 31.7 Å². The molecule has 142 valence electrons. The number of benzene rings is 1. The summed E-state index contributed by atoms with van der Waals surface area (Å²) in [6.07, 6.45) is 3.79. The molecule has 0 aromatic heterocycles. The third kappa shape index (κ3) is 4.19. The van der Waals surface area contributed by atoms with E-state index in [0.29, 0.717) is 48.7 Å². The molecule has 0 bridgehead atoms. The molecule has 0 aliphatic carbocycles. The van der Waals surface area contributed by atoms with E-state index in [1.807, 2.05) is 0 Å². The van der Waals surface area contributed by atoms with Gasteiger partial charge in [0.1, 0.15) is 0 Å². The van der Waals surface area contributed by atoms with Crippen LogP contribution in [0.3, 0.4) is 0 Å². The molecule has 3 rings (SSSR count). The van der Waals surface area contributed by atoms with Gasteiger partial charge in [-0.1, -0.05) is 11.6 Å². The van der Waals surface area contributed by atoms with Gasteiger partial charge in [-0.3, -0.25) is 9.59 Å². The predicted octanol–water partition coefficient (Wildman–Crippen LogP) is 2.08. The molecule has 1 N–H and O–H groups in total. The minimum Gasteiger partial charge on any atom is -0.326 e. The molecular formula is C17H22ClN3O4S. The fourth-order valence-electron chi connectivity index (χ4n) is 3.41. The third-order valence-corrected chi connectivity index (χ3v) is 6.38. The van der Waals surface area contributed by atoms with E-state index in [2.05, 4.69) is 5.32 Å². The molecule has 0 radical (unpaired) electrons. The van der Waals surface area contributed by atoms with Crippen LogP contribution in [0.2, 0.25) is 5.02 Å². The zero-order chi connectivity index (χ0) is 18.9. The average Bonchev–Trinajstić information content (AvgIpc) is 3.00. The Morgan fingerprint density at radius 2 is 2.04 bits per heavy atom. The van der Waals surface area contributed by atoms with Crippen molar-refractivity contribution in [1.82, 2.24) is 4.31 Å². The van der Waals surface area contributed by atoms with Gasteiger partial charge in [-0.2, -0.15) is 0 Å². The third-order valence-electron chi connectivity index (χ3n) is 4.80. The van der Waals surface area contributed by atoms with E-state index in [1.165, 1.54) is 4.31 Å². The first-order chi connectivity index (χ1) is 12.3. The summed E-state index contributed by atoms with van der Waals surface area (Å²) in [5.41, 5.74) is 1.18. The number of piperidine rings is 1. The summed E-state index contributed by atoms with van der Waals surface area (Å²) in [6.45, 7) is 1.29. The van der Waals surface area contributed by atoms with Crippen LogP contribution >= 0.6 is 11.6 Å². The number of halogens is 1. The molecule has 2 aliphatic heterocycles. The summed E-state index contributed by atoms with van der Waals surface area (Å²) in [5, 5.41) is 3.21. The molecule has 1 atom stereocenters. The Labute approximate surface area is 158 Å². The normalized spacial score (nSPS) is 21.8. The van der Waals surface area contributed by atoms with Crippen LogP contribution in [0.1, 0.15) is 25.7 Å². The van der Waals surface area contributed by atoms with Gasteiger partial charge >= 0.3 is 0 Å². The lowest BCUT2D eigenvalue weighted by atomic mass is 9.98. The lowest BCUT2D eigenvalue weighted by Gasteiger charge is -2.30. The van der Waals surface area contributed by atoms with Crippen molar-refractivity contribution >= 4 is 44.8 Å². The highest BCUT2D eigenvalue weighted by Crippen LogP contribution is 2.32. The zero-order valence-corrected chi connectivity index (χ0v) is 16.1. The van der Waals surface area contributed by atoms with Crippen LogP contribution in [0, 0.1) is 5.92 Å². The first-order valence-corrected chi connectivity index (χ1v) is 10.8. The van der Waals surface area contributed by atoms with Crippen molar-refractivity contribution in [3.8, 4) is 0 Å². The molecule has 7 nitrogen and oxygen atoms in total. The summed E-state index contributed by atoms with van der Waals surface area (Å²) in [7, 11) is -3.30. The topological polar surface area (TPSA) is 86.8 Å². The molecule has 2 fully saturated rings. The Bertz CT molecular complexity index is 827. The van der Waals surface area contributed by atoms with Gasteiger partial charge in [0.05, 0.1) is 22.9 Å². The largest absolute Gasteiger partial charge is 0.326 e. The molecule has 0 spiro atoms. The van der Waals surface area contributed by atoms with E-state index in [1.54, 1.807) is 23.1 Å². The Balaban J connectivity index is 1.68. The fraction of sp³-hybridized carbons (Fsp3) is 0.529. The molecule has 26 heavy (non-hydrogen) atoms. The Morgan fingerprint density at radius 1 is 1.27 bits per heavy atom. The van der Waals surface area contributed by atoms with Gasteiger partial charge in [-0.05, 0) is 37.5 Å². The Kier molecular flexibility index (Phi) is 5.55. The van der Waals surface area contributed by atoms with E-state index in [4.69, 9.17) is 11.6 Å². The summed E-state index contributed by atoms with van der Waals surface area (Å²) < 4.78 is 24.7. The SMILES string of the molecule is CS(=O)(=O)N1CCC[C@@H](C(=O)Nc2ccc(N3CCCC3=O)c(Cl)c2)C1. The Hall–Kier alpha value is -1.64. The van der Waals surface area contributed by atoms with Crippen molar-refractivity contribution < 1.29 is 18.0 Å².